The van der Waals surface area contributed by atoms with Gasteiger partial charge in [0.15, 0.2) is 0 Å². The second kappa shape index (κ2) is 8.00. The first kappa shape index (κ1) is 15.0. The summed E-state index contributed by atoms with van der Waals surface area (Å²) in [6.07, 6.45) is 2.86. The van der Waals surface area contributed by atoms with E-state index >= 15 is 0 Å². The molecule has 0 saturated carbocycles. The average molecular weight is 282 g/mol. The minimum Gasteiger partial charge on any atom is -0.378 e. The fourth-order valence-electron chi connectivity index (χ4n) is 2.67. The van der Waals surface area contributed by atoms with Gasteiger partial charge in [-0.25, -0.2) is 0 Å². The van der Waals surface area contributed by atoms with Crippen molar-refractivity contribution in [2.24, 2.45) is 0 Å². The first-order valence-electron chi connectivity index (χ1n) is 7.38. The summed E-state index contributed by atoms with van der Waals surface area (Å²) in [6, 6.07) is 4.92. The number of hydrogen-bond acceptors (Lipinski definition) is 4. The Morgan fingerprint density at radius 3 is 2.89 bits per heavy atom. The Labute approximate surface area is 121 Å². The van der Waals surface area contributed by atoms with Crippen LogP contribution in [0.4, 0.5) is 0 Å². The molecule has 0 bridgehead atoms. The molecule has 108 valence electrons. The van der Waals surface area contributed by atoms with Crippen molar-refractivity contribution in [2.75, 3.05) is 26.2 Å². The number of nitrogens with one attached hydrogen (secondary N) is 1. The van der Waals surface area contributed by atoms with E-state index in [1.807, 2.05) is 11.3 Å². The number of likely N-dealkylation sites (tertiary alicyclic amines) is 1. The van der Waals surface area contributed by atoms with Crippen LogP contribution < -0.4 is 5.32 Å². The Balaban J connectivity index is 1.62. The average Bonchev–Trinajstić information content (AvgIpc) is 2.93. The van der Waals surface area contributed by atoms with Crippen LogP contribution in [0.15, 0.2) is 17.5 Å². The maximum Gasteiger partial charge on any atom is 0.0599 e. The lowest BCUT2D eigenvalue weighted by Crippen LogP contribution is -2.46. The number of thiophene rings is 1. The molecule has 2 heterocycles. The number of ether oxygens (including phenoxy) is 1. The number of hydrogen-bond donors (Lipinski definition) is 1. The fourth-order valence-corrected chi connectivity index (χ4v) is 3.34. The second-order valence-corrected chi connectivity index (χ2v) is 6.28. The van der Waals surface area contributed by atoms with E-state index in [0.717, 1.165) is 19.7 Å². The lowest BCUT2D eigenvalue weighted by molar-refractivity contribution is 0.00590. The topological polar surface area (TPSA) is 24.5 Å². The summed E-state index contributed by atoms with van der Waals surface area (Å²) in [7, 11) is 0. The molecular formula is C15H26N2OS. The normalized spacial score (nSPS) is 19.7. The zero-order chi connectivity index (χ0) is 13.5. The van der Waals surface area contributed by atoms with E-state index in [-0.39, 0.29) is 0 Å². The van der Waals surface area contributed by atoms with Crippen molar-refractivity contribution in [3.63, 3.8) is 0 Å². The van der Waals surface area contributed by atoms with Crippen LogP contribution in [0, 0.1) is 0 Å². The largest absolute Gasteiger partial charge is 0.378 e. The van der Waals surface area contributed by atoms with Crippen LogP contribution in [0.3, 0.4) is 0 Å². The lowest BCUT2D eigenvalue weighted by atomic mass is 10.1. The monoisotopic (exact) mass is 282 g/mol. The van der Waals surface area contributed by atoms with Crippen molar-refractivity contribution >= 4 is 11.3 Å². The van der Waals surface area contributed by atoms with Crippen molar-refractivity contribution < 1.29 is 4.74 Å². The number of rotatable bonds is 7. The SMILES string of the molecule is CCOC1CCN(C(C)CNCc2cccs2)CC1. The van der Waals surface area contributed by atoms with Gasteiger partial charge in [-0.3, -0.25) is 4.90 Å². The molecular weight excluding hydrogens is 256 g/mol. The number of piperidine rings is 1. The van der Waals surface area contributed by atoms with Gasteiger partial charge in [-0.15, -0.1) is 11.3 Å². The summed E-state index contributed by atoms with van der Waals surface area (Å²) < 4.78 is 5.70. The molecule has 1 unspecified atom stereocenters. The summed E-state index contributed by atoms with van der Waals surface area (Å²) in [6.45, 7) is 9.67. The van der Waals surface area contributed by atoms with E-state index in [9.17, 15) is 0 Å². The predicted octanol–water partition coefficient (Wildman–Crippen LogP) is 2.73. The summed E-state index contributed by atoms with van der Waals surface area (Å²) in [5.74, 6) is 0. The van der Waals surface area contributed by atoms with Crippen LogP contribution in [-0.2, 0) is 11.3 Å². The van der Waals surface area contributed by atoms with E-state index in [2.05, 4.69) is 41.6 Å². The summed E-state index contributed by atoms with van der Waals surface area (Å²) >= 11 is 1.82. The maximum atomic E-state index is 5.70. The minimum atomic E-state index is 0.493. The van der Waals surface area contributed by atoms with Crippen LogP contribution in [0.1, 0.15) is 31.6 Å². The molecule has 3 nitrogen and oxygen atoms in total. The van der Waals surface area contributed by atoms with Crippen LogP contribution >= 0.6 is 11.3 Å². The molecule has 0 spiro atoms. The van der Waals surface area contributed by atoms with Gasteiger partial charge in [0.05, 0.1) is 6.10 Å². The van der Waals surface area contributed by atoms with Gasteiger partial charge >= 0.3 is 0 Å². The van der Waals surface area contributed by atoms with E-state index in [1.54, 1.807) is 0 Å². The zero-order valence-corrected chi connectivity index (χ0v) is 12.9. The van der Waals surface area contributed by atoms with Crippen LogP contribution in [0.25, 0.3) is 0 Å². The van der Waals surface area contributed by atoms with Crippen molar-refractivity contribution in [1.82, 2.24) is 10.2 Å². The Bertz CT molecular complexity index is 334. The van der Waals surface area contributed by atoms with E-state index in [4.69, 9.17) is 4.74 Å². The Hall–Kier alpha value is -0.420. The van der Waals surface area contributed by atoms with Gasteiger partial charge in [0, 0.05) is 43.7 Å². The van der Waals surface area contributed by atoms with Gasteiger partial charge in [-0.2, -0.15) is 0 Å². The molecule has 2 rings (SSSR count). The van der Waals surface area contributed by atoms with E-state index in [0.29, 0.717) is 12.1 Å². The zero-order valence-electron chi connectivity index (χ0n) is 12.1. The molecule has 1 N–H and O–H groups in total. The van der Waals surface area contributed by atoms with Gasteiger partial charge < -0.3 is 10.1 Å². The molecule has 4 heteroatoms. The van der Waals surface area contributed by atoms with Crippen LogP contribution in [0.5, 0.6) is 0 Å². The van der Waals surface area contributed by atoms with Crippen molar-refractivity contribution in [2.45, 2.75) is 45.4 Å². The molecule has 1 saturated heterocycles. The molecule has 0 amide bonds. The number of nitrogens with zero attached hydrogens (tertiary/aromatic N) is 1. The molecule has 1 fully saturated rings. The molecule has 0 radical (unpaired) electrons. The van der Waals surface area contributed by atoms with Crippen molar-refractivity contribution in [3.05, 3.63) is 22.4 Å². The smallest absolute Gasteiger partial charge is 0.0599 e. The standard InChI is InChI=1S/C15H26N2OS/c1-3-18-14-6-8-17(9-7-14)13(2)11-16-12-15-5-4-10-19-15/h4-5,10,13-14,16H,3,6-9,11-12H2,1-2H3. The third kappa shape index (κ3) is 4.88. The van der Waals surface area contributed by atoms with Crippen molar-refractivity contribution in [3.8, 4) is 0 Å². The third-order valence-electron chi connectivity index (χ3n) is 3.82. The molecule has 19 heavy (non-hydrogen) atoms. The highest BCUT2D eigenvalue weighted by molar-refractivity contribution is 7.09. The highest BCUT2D eigenvalue weighted by Gasteiger charge is 2.22. The molecule has 1 aliphatic rings. The molecule has 0 aromatic carbocycles. The van der Waals surface area contributed by atoms with E-state index in [1.165, 1.54) is 30.8 Å². The van der Waals surface area contributed by atoms with Gasteiger partial charge in [-0.1, -0.05) is 6.07 Å². The second-order valence-electron chi connectivity index (χ2n) is 5.25. The molecule has 1 aromatic rings. The highest BCUT2D eigenvalue weighted by Crippen LogP contribution is 2.15. The fraction of sp³-hybridized carbons (Fsp3) is 0.733. The Kier molecular flexibility index (Phi) is 6.31. The first-order chi connectivity index (χ1) is 9.29. The van der Waals surface area contributed by atoms with E-state index < -0.39 is 0 Å². The summed E-state index contributed by atoms with van der Waals surface area (Å²) in [4.78, 5) is 4.00. The molecule has 1 atom stereocenters. The first-order valence-corrected chi connectivity index (χ1v) is 8.26. The summed E-state index contributed by atoms with van der Waals surface area (Å²) in [5.41, 5.74) is 0. The minimum absolute atomic E-state index is 0.493. The summed E-state index contributed by atoms with van der Waals surface area (Å²) in [5, 5.41) is 5.70. The van der Waals surface area contributed by atoms with Gasteiger partial charge in [0.2, 0.25) is 0 Å². The Morgan fingerprint density at radius 2 is 2.26 bits per heavy atom. The van der Waals surface area contributed by atoms with Gasteiger partial charge in [0.25, 0.3) is 0 Å². The maximum absolute atomic E-state index is 5.70. The molecule has 1 aliphatic heterocycles. The van der Waals surface area contributed by atoms with Gasteiger partial charge in [-0.05, 0) is 38.1 Å². The quantitative estimate of drug-likeness (QED) is 0.832. The van der Waals surface area contributed by atoms with Crippen LogP contribution in [-0.4, -0.2) is 43.3 Å². The van der Waals surface area contributed by atoms with Crippen LogP contribution in [0.2, 0.25) is 0 Å². The lowest BCUT2D eigenvalue weighted by Gasteiger charge is -2.36. The predicted molar refractivity (Wildman–Crippen MR) is 81.7 cm³/mol. The molecule has 0 aliphatic carbocycles. The highest BCUT2D eigenvalue weighted by atomic mass is 32.1. The van der Waals surface area contributed by atoms with Gasteiger partial charge in [0.1, 0.15) is 0 Å². The third-order valence-corrected chi connectivity index (χ3v) is 4.70. The molecule has 1 aromatic heterocycles. The van der Waals surface area contributed by atoms with Crippen molar-refractivity contribution in [1.29, 1.82) is 0 Å². The Morgan fingerprint density at radius 1 is 1.47 bits per heavy atom.